The molecule has 92 valence electrons. The van der Waals surface area contributed by atoms with Gasteiger partial charge in [0.2, 0.25) is 0 Å². The number of hydrogen-bond donors (Lipinski definition) is 2. The molecule has 0 spiro atoms. The zero-order valence-corrected chi connectivity index (χ0v) is 11.2. The van der Waals surface area contributed by atoms with Gasteiger partial charge in [0.05, 0.1) is 18.0 Å². The molecule has 4 heteroatoms. The quantitative estimate of drug-likeness (QED) is 0.756. The average molecular weight is 236 g/mol. The fourth-order valence-electron chi connectivity index (χ4n) is 1.19. The van der Waals surface area contributed by atoms with Crippen LogP contribution in [0.1, 0.15) is 41.0 Å². The van der Waals surface area contributed by atoms with E-state index < -0.39 is 23.0 Å². The van der Waals surface area contributed by atoms with Gasteiger partial charge in [-0.05, 0) is 27.2 Å². The molecule has 0 saturated heterocycles. The van der Waals surface area contributed by atoms with E-state index in [0.29, 0.717) is 6.42 Å². The van der Waals surface area contributed by atoms with Crippen LogP contribution in [0.15, 0.2) is 0 Å². The molecule has 3 nitrogen and oxygen atoms in total. The van der Waals surface area contributed by atoms with Gasteiger partial charge in [-0.1, -0.05) is 13.8 Å². The molecule has 0 aromatic heterocycles. The lowest BCUT2D eigenvalue weighted by molar-refractivity contribution is 0.0315. The lowest BCUT2D eigenvalue weighted by Gasteiger charge is -2.26. The molecule has 0 radical (unpaired) electrons. The molecule has 0 aliphatic rings. The molecular weight excluding hydrogens is 212 g/mol. The van der Waals surface area contributed by atoms with Gasteiger partial charge in [0, 0.05) is 21.5 Å². The van der Waals surface area contributed by atoms with Gasteiger partial charge in [-0.3, -0.25) is 4.21 Å². The molecule has 0 unspecified atom stereocenters. The fraction of sp³-hybridized carbons (Fsp3) is 1.00. The van der Waals surface area contributed by atoms with Crippen LogP contribution in [0.4, 0.5) is 0 Å². The SMILES string of the molecule is CC[C@H](O)[C@@H](C)[C@H](O)C[S@@](=O)C(C)(C)C. The van der Waals surface area contributed by atoms with Crippen LogP contribution in [0.5, 0.6) is 0 Å². The zero-order chi connectivity index (χ0) is 12.2. The summed E-state index contributed by atoms with van der Waals surface area (Å²) in [6.07, 6.45) is -0.600. The molecule has 2 N–H and O–H groups in total. The van der Waals surface area contributed by atoms with Gasteiger partial charge in [0.15, 0.2) is 0 Å². The van der Waals surface area contributed by atoms with Gasteiger partial charge >= 0.3 is 0 Å². The van der Waals surface area contributed by atoms with Crippen LogP contribution in [0.3, 0.4) is 0 Å². The van der Waals surface area contributed by atoms with E-state index >= 15 is 0 Å². The highest BCUT2D eigenvalue weighted by atomic mass is 32.2. The largest absolute Gasteiger partial charge is 0.393 e. The number of aliphatic hydroxyl groups excluding tert-OH is 2. The summed E-state index contributed by atoms with van der Waals surface area (Å²) in [5, 5.41) is 19.4. The molecule has 0 rings (SSSR count). The molecule has 4 atom stereocenters. The van der Waals surface area contributed by atoms with Crippen molar-refractivity contribution >= 4 is 10.8 Å². The molecule has 0 fully saturated rings. The van der Waals surface area contributed by atoms with Gasteiger partial charge in [0.1, 0.15) is 0 Å². The molecule has 0 bridgehead atoms. The highest BCUT2D eigenvalue weighted by Gasteiger charge is 2.27. The van der Waals surface area contributed by atoms with Crippen molar-refractivity contribution in [3.05, 3.63) is 0 Å². The Hall–Kier alpha value is 0.0700. The summed E-state index contributed by atoms with van der Waals surface area (Å²) in [7, 11) is -1.07. The fourth-order valence-corrected chi connectivity index (χ4v) is 2.30. The minimum Gasteiger partial charge on any atom is -0.393 e. The van der Waals surface area contributed by atoms with Crippen LogP contribution < -0.4 is 0 Å². The molecular formula is C11H24O3S. The second-order valence-electron chi connectivity index (χ2n) is 5.03. The first kappa shape index (κ1) is 15.1. The van der Waals surface area contributed by atoms with Crippen LogP contribution in [0.25, 0.3) is 0 Å². The van der Waals surface area contributed by atoms with E-state index in [1.54, 1.807) is 6.92 Å². The molecule has 0 aliphatic heterocycles. The first-order chi connectivity index (χ1) is 6.70. The lowest BCUT2D eigenvalue weighted by Crippen LogP contribution is -2.37. The summed E-state index contributed by atoms with van der Waals surface area (Å²) >= 11 is 0. The molecule has 0 aromatic carbocycles. The monoisotopic (exact) mass is 236 g/mol. The van der Waals surface area contributed by atoms with Crippen molar-refractivity contribution in [2.24, 2.45) is 5.92 Å². The predicted molar refractivity (Wildman–Crippen MR) is 64.2 cm³/mol. The summed E-state index contributed by atoms with van der Waals surface area (Å²) in [4.78, 5) is 0. The Bertz CT molecular complexity index is 210. The van der Waals surface area contributed by atoms with Crippen molar-refractivity contribution in [2.45, 2.75) is 58.0 Å². The summed E-state index contributed by atoms with van der Waals surface area (Å²) in [5.41, 5.74) is 0. The molecule has 0 heterocycles. The molecule has 0 saturated carbocycles. The molecule has 0 aliphatic carbocycles. The first-order valence-electron chi connectivity index (χ1n) is 5.44. The van der Waals surface area contributed by atoms with Gasteiger partial charge in [-0.2, -0.15) is 0 Å². The van der Waals surface area contributed by atoms with E-state index in [0.717, 1.165) is 0 Å². The van der Waals surface area contributed by atoms with Crippen molar-refractivity contribution in [3.8, 4) is 0 Å². The van der Waals surface area contributed by atoms with Gasteiger partial charge in [-0.25, -0.2) is 0 Å². The Kier molecular flexibility index (Phi) is 5.99. The van der Waals surface area contributed by atoms with Gasteiger partial charge in [0.25, 0.3) is 0 Å². The molecule has 0 aromatic rings. The Morgan fingerprint density at radius 2 is 1.67 bits per heavy atom. The maximum Gasteiger partial charge on any atom is 0.0705 e. The Balaban J connectivity index is 4.25. The van der Waals surface area contributed by atoms with Gasteiger partial charge in [-0.15, -0.1) is 0 Å². The van der Waals surface area contributed by atoms with E-state index in [2.05, 4.69) is 0 Å². The smallest absolute Gasteiger partial charge is 0.0705 e. The number of aliphatic hydroxyl groups is 2. The van der Waals surface area contributed by atoms with E-state index in [9.17, 15) is 14.4 Å². The van der Waals surface area contributed by atoms with Crippen molar-refractivity contribution in [3.63, 3.8) is 0 Å². The minimum atomic E-state index is -1.07. The van der Waals surface area contributed by atoms with E-state index in [1.807, 2.05) is 27.7 Å². The third-order valence-electron chi connectivity index (χ3n) is 2.64. The standard InChI is InChI=1S/C11H24O3S/c1-6-9(12)8(2)10(13)7-15(14)11(3,4)5/h8-10,12-13H,6-7H2,1-5H3/t8-,9+,10-,15-/m1/s1. The van der Waals surface area contributed by atoms with Crippen LogP contribution in [-0.2, 0) is 10.8 Å². The van der Waals surface area contributed by atoms with E-state index in [4.69, 9.17) is 0 Å². The summed E-state index contributed by atoms with van der Waals surface area (Å²) in [6.45, 7) is 9.32. The first-order valence-corrected chi connectivity index (χ1v) is 6.76. The second-order valence-corrected chi connectivity index (χ2v) is 7.28. The van der Waals surface area contributed by atoms with Crippen LogP contribution >= 0.6 is 0 Å². The Morgan fingerprint density at radius 1 is 1.20 bits per heavy atom. The van der Waals surface area contributed by atoms with Crippen molar-refractivity contribution in [1.29, 1.82) is 0 Å². The highest BCUT2D eigenvalue weighted by Crippen LogP contribution is 2.17. The maximum atomic E-state index is 11.8. The predicted octanol–water partition coefficient (Wildman–Crippen LogP) is 1.30. The third kappa shape index (κ3) is 5.09. The second kappa shape index (κ2) is 5.97. The van der Waals surface area contributed by atoms with Crippen LogP contribution in [-0.4, -0.2) is 37.1 Å². The maximum absolute atomic E-state index is 11.8. The Labute approximate surface area is 95.4 Å². The van der Waals surface area contributed by atoms with Crippen molar-refractivity contribution < 1.29 is 14.4 Å². The van der Waals surface area contributed by atoms with Crippen LogP contribution in [0, 0.1) is 5.92 Å². The normalized spacial score (nSPS) is 20.7. The highest BCUT2D eigenvalue weighted by molar-refractivity contribution is 7.86. The summed E-state index contributed by atoms with van der Waals surface area (Å²) in [6, 6.07) is 0. The van der Waals surface area contributed by atoms with E-state index in [1.165, 1.54) is 0 Å². The average Bonchev–Trinajstić information content (AvgIpc) is 2.13. The van der Waals surface area contributed by atoms with Crippen LogP contribution in [0.2, 0.25) is 0 Å². The molecule has 0 amide bonds. The molecule has 15 heavy (non-hydrogen) atoms. The zero-order valence-electron chi connectivity index (χ0n) is 10.4. The number of rotatable bonds is 5. The van der Waals surface area contributed by atoms with Crippen molar-refractivity contribution in [1.82, 2.24) is 0 Å². The summed E-state index contributed by atoms with van der Waals surface area (Å²) in [5.74, 6) is 0.0168. The lowest BCUT2D eigenvalue weighted by atomic mass is 9.97. The van der Waals surface area contributed by atoms with Gasteiger partial charge < -0.3 is 10.2 Å². The third-order valence-corrected chi connectivity index (χ3v) is 4.65. The van der Waals surface area contributed by atoms with Crippen molar-refractivity contribution in [2.75, 3.05) is 5.75 Å². The Morgan fingerprint density at radius 3 is 2.00 bits per heavy atom. The topological polar surface area (TPSA) is 57.5 Å². The number of hydrogen-bond acceptors (Lipinski definition) is 3. The minimum absolute atomic E-state index is 0.221. The summed E-state index contributed by atoms with van der Waals surface area (Å²) < 4.78 is 11.5. The van der Waals surface area contributed by atoms with E-state index in [-0.39, 0.29) is 16.4 Å².